The average molecular weight is 233 g/mol. The second-order valence-corrected chi connectivity index (χ2v) is 4.11. The van der Waals surface area contributed by atoms with Crippen molar-refractivity contribution in [3.63, 3.8) is 0 Å². The predicted molar refractivity (Wildman–Crippen MR) is 68.6 cm³/mol. The van der Waals surface area contributed by atoms with Crippen LogP contribution in [0.4, 0.5) is 0 Å². The van der Waals surface area contributed by atoms with Gasteiger partial charge in [0, 0.05) is 0 Å². The summed E-state index contributed by atoms with van der Waals surface area (Å²) in [7, 11) is 5.15. The molecule has 0 saturated heterocycles. The van der Waals surface area contributed by atoms with Crippen LogP contribution in [0.5, 0.6) is 0 Å². The molecule has 92 valence electrons. The summed E-state index contributed by atoms with van der Waals surface area (Å²) in [5, 5.41) is 0. The molecule has 0 aliphatic carbocycles. The smallest absolute Gasteiger partial charge is 0.331 e. The maximum atomic E-state index is 12.2. The fourth-order valence-electron chi connectivity index (χ4n) is 2.03. The predicted octanol–water partition coefficient (Wildman–Crippen LogP) is 2.19. The van der Waals surface area contributed by atoms with Gasteiger partial charge >= 0.3 is 5.97 Å². The minimum absolute atomic E-state index is 0.270. The molecule has 1 aromatic carbocycles. The molecule has 0 aliphatic rings. The second-order valence-electron chi connectivity index (χ2n) is 4.11. The Morgan fingerprint density at radius 3 is 2.41 bits per heavy atom. The lowest BCUT2D eigenvalue weighted by atomic mass is 9.85. The Bertz CT molecular complexity index is 386. The molecule has 3 heteroatoms. The van der Waals surface area contributed by atoms with E-state index in [0.29, 0.717) is 6.42 Å². The van der Waals surface area contributed by atoms with Gasteiger partial charge in [-0.15, -0.1) is 6.58 Å². The van der Waals surface area contributed by atoms with Crippen LogP contribution in [0.1, 0.15) is 12.0 Å². The van der Waals surface area contributed by atoms with Gasteiger partial charge < -0.3 is 4.74 Å². The van der Waals surface area contributed by atoms with E-state index in [-0.39, 0.29) is 5.97 Å². The number of hydrogen-bond acceptors (Lipinski definition) is 3. The zero-order valence-corrected chi connectivity index (χ0v) is 10.6. The van der Waals surface area contributed by atoms with Crippen LogP contribution in [0, 0.1) is 0 Å². The van der Waals surface area contributed by atoms with Crippen LogP contribution >= 0.6 is 0 Å². The molecule has 1 atom stereocenters. The Morgan fingerprint density at radius 1 is 1.41 bits per heavy atom. The van der Waals surface area contributed by atoms with Gasteiger partial charge in [0.1, 0.15) is 5.54 Å². The average Bonchev–Trinajstić information content (AvgIpc) is 2.35. The summed E-state index contributed by atoms with van der Waals surface area (Å²) in [4.78, 5) is 14.0. The van der Waals surface area contributed by atoms with Crippen molar-refractivity contribution >= 4 is 5.97 Å². The number of carbonyl (C=O) groups excluding carboxylic acids is 1. The summed E-state index contributed by atoms with van der Waals surface area (Å²) in [5.74, 6) is -0.270. The van der Waals surface area contributed by atoms with E-state index >= 15 is 0 Å². The van der Waals surface area contributed by atoms with Gasteiger partial charge in [0.25, 0.3) is 0 Å². The van der Waals surface area contributed by atoms with E-state index in [1.165, 1.54) is 7.11 Å². The number of hydrogen-bond donors (Lipinski definition) is 0. The third-order valence-corrected chi connectivity index (χ3v) is 2.98. The van der Waals surface area contributed by atoms with Gasteiger partial charge in [-0.3, -0.25) is 4.90 Å². The van der Waals surface area contributed by atoms with Gasteiger partial charge in [0.2, 0.25) is 0 Å². The molecular formula is C14H19NO2. The number of carbonyl (C=O) groups is 1. The van der Waals surface area contributed by atoms with Crippen LogP contribution in [0.15, 0.2) is 43.0 Å². The largest absolute Gasteiger partial charge is 0.467 e. The molecule has 1 unspecified atom stereocenters. The molecule has 3 nitrogen and oxygen atoms in total. The molecular weight excluding hydrogens is 214 g/mol. The van der Waals surface area contributed by atoms with Crippen LogP contribution in [0.3, 0.4) is 0 Å². The van der Waals surface area contributed by atoms with Crippen molar-refractivity contribution in [1.82, 2.24) is 4.90 Å². The summed E-state index contributed by atoms with van der Waals surface area (Å²) < 4.78 is 4.96. The molecule has 1 aromatic rings. The quantitative estimate of drug-likeness (QED) is 0.577. The van der Waals surface area contributed by atoms with Crippen LogP contribution in [0.25, 0.3) is 0 Å². The Balaban J connectivity index is 3.34. The highest BCUT2D eigenvalue weighted by molar-refractivity contribution is 5.82. The highest BCUT2D eigenvalue weighted by Crippen LogP contribution is 2.32. The SMILES string of the molecule is C=CCC(C(=O)OC)(c1ccccc1)N(C)C. The summed E-state index contributed by atoms with van der Waals surface area (Å²) in [6.45, 7) is 3.74. The maximum absolute atomic E-state index is 12.2. The zero-order valence-electron chi connectivity index (χ0n) is 10.6. The molecule has 0 bridgehead atoms. The Hall–Kier alpha value is -1.61. The molecule has 0 saturated carbocycles. The highest BCUT2D eigenvalue weighted by Gasteiger charge is 2.42. The Labute approximate surface area is 103 Å². The number of methoxy groups -OCH3 is 1. The molecule has 0 amide bonds. The Morgan fingerprint density at radius 2 is 2.00 bits per heavy atom. The van der Waals surface area contributed by atoms with Gasteiger partial charge in [-0.2, -0.15) is 0 Å². The first-order chi connectivity index (χ1) is 8.09. The molecule has 0 heterocycles. The number of benzene rings is 1. The molecule has 0 radical (unpaired) electrons. The van der Waals surface area contributed by atoms with Crippen molar-refractivity contribution < 1.29 is 9.53 Å². The lowest BCUT2D eigenvalue weighted by Gasteiger charge is -2.36. The third kappa shape index (κ3) is 2.39. The second kappa shape index (κ2) is 5.64. The summed E-state index contributed by atoms with van der Waals surface area (Å²) in [5.41, 5.74) is 0.120. The van der Waals surface area contributed by atoms with E-state index in [4.69, 9.17) is 4.74 Å². The van der Waals surface area contributed by atoms with Crippen molar-refractivity contribution in [2.24, 2.45) is 0 Å². The first-order valence-electron chi connectivity index (χ1n) is 5.52. The lowest BCUT2D eigenvalue weighted by molar-refractivity contribution is -0.154. The molecule has 0 aromatic heterocycles. The van der Waals surface area contributed by atoms with Crippen molar-refractivity contribution in [2.75, 3.05) is 21.2 Å². The van der Waals surface area contributed by atoms with Crippen LogP contribution in [0.2, 0.25) is 0 Å². The number of nitrogens with zero attached hydrogens (tertiary/aromatic N) is 1. The minimum atomic E-state index is -0.794. The monoisotopic (exact) mass is 233 g/mol. The van der Waals surface area contributed by atoms with E-state index in [2.05, 4.69) is 6.58 Å². The first-order valence-corrected chi connectivity index (χ1v) is 5.52. The van der Waals surface area contributed by atoms with Gasteiger partial charge in [0.15, 0.2) is 0 Å². The van der Waals surface area contributed by atoms with Crippen molar-refractivity contribution in [3.8, 4) is 0 Å². The van der Waals surface area contributed by atoms with Crippen molar-refractivity contribution in [1.29, 1.82) is 0 Å². The summed E-state index contributed by atoms with van der Waals surface area (Å²) in [6.07, 6.45) is 2.25. The Kier molecular flexibility index (Phi) is 4.46. The van der Waals surface area contributed by atoms with Crippen LogP contribution < -0.4 is 0 Å². The van der Waals surface area contributed by atoms with E-state index in [9.17, 15) is 4.79 Å². The fraction of sp³-hybridized carbons (Fsp3) is 0.357. The zero-order chi connectivity index (χ0) is 12.9. The van der Waals surface area contributed by atoms with Gasteiger partial charge in [-0.25, -0.2) is 4.79 Å². The van der Waals surface area contributed by atoms with Gasteiger partial charge in [-0.05, 0) is 26.1 Å². The van der Waals surface area contributed by atoms with E-state index in [0.717, 1.165) is 5.56 Å². The topological polar surface area (TPSA) is 29.5 Å². The van der Waals surface area contributed by atoms with Gasteiger partial charge in [-0.1, -0.05) is 36.4 Å². The number of likely N-dealkylation sites (N-methyl/N-ethyl adjacent to an activating group) is 1. The lowest BCUT2D eigenvalue weighted by Crippen LogP contribution is -2.48. The van der Waals surface area contributed by atoms with Crippen molar-refractivity contribution in [3.05, 3.63) is 48.6 Å². The number of ether oxygens (including phenoxy) is 1. The maximum Gasteiger partial charge on any atom is 0.331 e. The molecule has 0 spiro atoms. The summed E-state index contributed by atoms with van der Waals surface area (Å²) in [6, 6.07) is 9.62. The van der Waals surface area contributed by atoms with E-state index in [1.807, 2.05) is 49.3 Å². The van der Waals surface area contributed by atoms with Crippen molar-refractivity contribution in [2.45, 2.75) is 12.0 Å². The standard InChI is InChI=1S/C14H19NO2/c1-5-11-14(15(2)3,13(16)17-4)12-9-7-6-8-10-12/h5-10H,1,11H2,2-4H3. The molecule has 0 aliphatic heterocycles. The minimum Gasteiger partial charge on any atom is -0.467 e. The van der Waals surface area contributed by atoms with Crippen LogP contribution in [-0.2, 0) is 15.1 Å². The van der Waals surface area contributed by atoms with Gasteiger partial charge in [0.05, 0.1) is 7.11 Å². The summed E-state index contributed by atoms with van der Waals surface area (Å²) >= 11 is 0. The van der Waals surface area contributed by atoms with Crippen LogP contribution in [-0.4, -0.2) is 32.1 Å². The van der Waals surface area contributed by atoms with E-state index in [1.54, 1.807) is 6.08 Å². The molecule has 17 heavy (non-hydrogen) atoms. The molecule has 0 N–H and O–H groups in total. The number of rotatable bonds is 5. The first kappa shape index (κ1) is 13.5. The normalized spacial score (nSPS) is 14.1. The molecule has 1 rings (SSSR count). The highest BCUT2D eigenvalue weighted by atomic mass is 16.5. The molecule has 0 fully saturated rings. The number of esters is 1. The fourth-order valence-corrected chi connectivity index (χ4v) is 2.03. The third-order valence-electron chi connectivity index (χ3n) is 2.98. The van der Waals surface area contributed by atoms with E-state index < -0.39 is 5.54 Å².